The number of rotatable bonds is 5. The highest BCUT2D eigenvalue weighted by molar-refractivity contribution is 7.13. The highest BCUT2D eigenvalue weighted by Gasteiger charge is 2.13. The van der Waals surface area contributed by atoms with Gasteiger partial charge in [-0.15, -0.1) is 11.3 Å². The molecule has 0 radical (unpaired) electrons. The second-order valence-corrected chi connectivity index (χ2v) is 5.84. The van der Waals surface area contributed by atoms with Gasteiger partial charge in [-0.25, -0.2) is 8.78 Å². The van der Waals surface area contributed by atoms with Crippen LogP contribution in [0.3, 0.4) is 0 Å². The largest absolute Gasteiger partial charge is 0.338 e. The van der Waals surface area contributed by atoms with Crippen LogP contribution >= 0.6 is 11.3 Å². The summed E-state index contributed by atoms with van der Waals surface area (Å²) in [5.74, 6) is -0.141. The summed E-state index contributed by atoms with van der Waals surface area (Å²) in [6, 6.07) is 7.39. The first-order valence-electron chi connectivity index (χ1n) is 6.61. The van der Waals surface area contributed by atoms with E-state index in [-0.39, 0.29) is 0 Å². The third-order valence-corrected chi connectivity index (χ3v) is 3.94. The zero-order valence-electron chi connectivity index (χ0n) is 11.8. The Morgan fingerprint density at radius 3 is 2.82 bits per heavy atom. The predicted octanol–water partition coefficient (Wildman–Crippen LogP) is 3.71. The molecule has 0 N–H and O–H groups in total. The van der Waals surface area contributed by atoms with Gasteiger partial charge in [-0.1, -0.05) is 17.3 Å². The third-order valence-electron chi connectivity index (χ3n) is 3.07. The summed E-state index contributed by atoms with van der Waals surface area (Å²) in [6.07, 6.45) is 0. The first-order chi connectivity index (χ1) is 10.6. The van der Waals surface area contributed by atoms with Crippen LogP contribution in [0.4, 0.5) is 8.78 Å². The molecule has 2 aromatic heterocycles. The van der Waals surface area contributed by atoms with Gasteiger partial charge >= 0.3 is 0 Å². The molecule has 0 aliphatic heterocycles. The third kappa shape index (κ3) is 3.37. The molecule has 114 valence electrons. The van der Waals surface area contributed by atoms with Gasteiger partial charge in [-0.05, 0) is 24.6 Å². The summed E-state index contributed by atoms with van der Waals surface area (Å²) in [5.41, 5.74) is 0.418. The molecule has 22 heavy (non-hydrogen) atoms. The zero-order valence-corrected chi connectivity index (χ0v) is 12.6. The second kappa shape index (κ2) is 6.33. The molecule has 3 aromatic rings. The molecule has 0 saturated heterocycles. The molecule has 0 spiro atoms. The molecular formula is C15H13F2N3OS. The van der Waals surface area contributed by atoms with Crippen molar-refractivity contribution >= 4 is 11.3 Å². The molecule has 0 bridgehead atoms. The Bertz CT molecular complexity index is 758. The number of hydrogen-bond donors (Lipinski definition) is 0. The van der Waals surface area contributed by atoms with Crippen LogP contribution in [-0.4, -0.2) is 22.1 Å². The van der Waals surface area contributed by atoms with Crippen molar-refractivity contribution in [3.05, 3.63) is 58.8 Å². The fourth-order valence-electron chi connectivity index (χ4n) is 2.05. The Balaban J connectivity index is 1.65. The SMILES string of the molecule is CN(Cc1nc(-c2cccs2)no1)Cc1ccc(F)cc1F. The minimum Gasteiger partial charge on any atom is -0.338 e. The molecule has 0 aliphatic rings. The number of aromatic nitrogens is 2. The van der Waals surface area contributed by atoms with Crippen molar-refractivity contribution in [3.8, 4) is 10.7 Å². The van der Waals surface area contributed by atoms with Crippen molar-refractivity contribution in [1.29, 1.82) is 0 Å². The summed E-state index contributed by atoms with van der Waals surface area (Å²) in [4.78, 5) is 7.06. The smallest absolute Gasteiger partial charge is 0.241 e. The molecule has 2 heterocycles. The number of thiophene rings is 1. The van der Waals surface area contributed by atoms with E-state index in [4.69, 9.17) is 4.52 Å². The normalized spacial score (nSPS) is 11.3. The van der Waals surface area contributed by atoms with Crippen LogP contribution in [0.2, 0.25) is 0 Å². The number of halogens is 2. The van der Waals surface area contributed by atoms with Crippen LogP contribution in [0.1, 0.15) is 11.5 Å². The van der Waals surface area contributed by atoms with E-state index in [1.807, 2.05) is 22.4 Å². The summed E-state index contributed by atoms with van der Waals surface area (Å²) in [6.45, 7) is 0.706. The molecule has 3 rings (SSSR count). The quantitative estimate of drug-likeness (QED) is 0.718. The Morgan fingerprint density at radius 1 is 1.23 bits per heavy atom. The molecule has 7 heteroatoms. The lowest BCUT2D eigenvalue weighted by atomic mass is 10.2. The lowest BCUT2D eigenvalue weighted by molar-refractivity contribution is 0.258. The van der Waals surface area contributed by atoms with Crippen LogP contribution in [0.25, 0.3) is 10.7 Å². The van der Waals surface area contributed by atoms with Crippen LogP contribution < -0.4 is 0 Å². The maximum absolute atomic E-state index is 13.6. The zero-order chi connectivity index (χ0) is 15.5. The van der Waals surface area contributed by atoms with Gasteiger partial charge in [0.15, 0.2) is 0 Å². The van der Waals surface area contributed by atoms with E-state index < -0.39 is 11.6 Å². The van der Waals surface area contributed by atoms with E-state index in [0.29, 0.717) is 30.4 Å². The van der Waals surface area contributed by atoms with Crippen LogP contribution in [0.15, 0.2) is 40.2 Å². The van der Waals surface area contributed by atoms with Crippen molar-refractivity contribution in [2.45, 2.75) is 13.1 Å². The Labute approximate surface area is 130 Å². The van der Waals surface area contributed by atoms with Crippen molar-refractivity contribution in [3.63, 3.8) is 0 Å². The van der Waals surface area contributed by atoms with Crippen LogP contribution in [0.5, 0.6) is 0 Å². The molecule has 0 unspecified atom stereocenters. The molecule has 0 amide bonds. The molecule has 0 fully saturated rings. The van der Waals surface area contributed by atoms with Gasteiger partial charge in [0.25, 0.3) is 0 Å². The standard InChI is InChI=1S/C15H13F2N3OS/c1-20(8-10-4-5-11(16)7-12(10)17)9-14-18-15(19-21-14)13-3-2-6-22-13/h2-7H,8-9H2,1H3. The predicted molar refractivity (Wildman–Crippen MR) is 79.1 cm³/mol. The monoisotopic (exact) mass is 321 g/mol. The fraction of sp³-hybridized carbons (Fsp3) is 0.200. The van der Waals surface area contributed by atoms with Crippen LogP contribution in [0, 0.1) is 11.6 Å². The van der Waals surface area contributed by atoms with Gasteiger partial charge in [0.05, 0.1) is 11.4 Å². The maximum Gasteiger partial charge on any atom is 0.241 e. The topological polar surface area (TPSA) is 42.2 Å². The summed E-state index contributed by atoms with van der Waals surface area (Å²) >= 11 is 1.53. The van der Waals surface area contributed by atoms with Gasteiger partial charge in [-0.2, -0.15) is 4.98 Å². The average molecular weight is 321 g/mol. The summed E-state index contributed by atoms with van der Waals surface area (Å²) < 4.78 is 31.7. The number of hydrogen-bond acceptors (Lipinski definition) is 5. The molecule has 0 atom stereocenters. The fourth-order valence-corrected chi connectivity index (χ4v) is 2.70. The first kappa shape index (κ1) is 14.8. The van der Waals surface area contributed by atoms with Crippen LogP contribution in [-0.2, 0) is 13.1 Å². The highest BCUT2D eigenvalue weighted by Crippen LogP contribution is 2.21. The number of nitrogens with zero attached hydrogens (tertiary/aromatic N) is 3. The Kier molecular flexibility index (Phi) is 4.26. The van der Waals surface area contributed by atoms with Gasteiger partial charge in [0.2, 0.25) is 11.7 Å². The van der Waals surface area contributed by atoms with E-state index in [0.717, 1.165) is 10.9 Å². The summed E-state index contributed by atoms with van der Waals surface area (Å²) in [5, 5.41) is 5.86. The minimum atomic E-state index is -0.582. The van der Waals surface area contributed by atoms with E-state index in [9.17, 15) is 8.78 Å². The van der Waals surface area contributed by atoms with Crippen molar-refractivity contribution in [2.75, 3.05) is 7.05 Å². The number of benzene rings is 1. The molecular weight excluding hydrogens is 308 g/mol. The lowest BCUT2D eigenvalue weighted by Gasteiger charge is -2.14. The van der Waals surface area contributed by atoms with E-state index in [2.05, 4.69) is 10.1 Å². The van der Waals surface area contributed by atoms with Crippen molar-refractivity contribution in [1.82, 2.24) is 15.0 Å². The van der Waals surface area contributed by atoms with Crippen molar-refractivity contribution < 1.29 is 13.3 Å². The van der Waals surface area contributed by atoms with Crippen molar-refractivity contribution in [2.24, 2.45) is 0 Å². The van der Waals surface area contributed by atoms with Gasteiger partial charge in [0, 0.05) is 18.2 Å². The summed E-state index contributed by atoms with van der Waals surface area (Å²) in [7, 11) is 1.80. The first-order valence-corrected chi connectivity index (χ1v) is 7.49. The van der Waals surface area contributed by atoms with Gasteiger partial charge < -0.3 is 4.52 Å². The molecule has 4 nitrogen and oxygen atoms in total. The van der Waals surface area contributed by atoms with E-state index >= 15 is 0 Å². The molecule has 0 saturated carbocycles. The molecule has 0 aliphatic carbocycles. The second-order valence-electron chi connectivity index (χ2n) is 4.90. The Hall–Kier alpha value is -2.12. The lowest BCUT2D eigenvalue weighted by Crippen LogP contribution is -2.18. The van der Waals surface area contributed by atoms with Gasteiger partial charge in [0.1, 0.15) is 11.6 Å². The Morgan fingerprint density at radius 2 is 2.09 bits per heavy atom. The van der Waals surface area contributed by atoms with E-state index in [1.54, 1.807) is 7.05 Å². The average Bonchev–Trinajstić information content (AvgIpc) is 3.12. The maximum atomic E-state index is 13.6. The van der Waals surface area contributed by atoms with E-state index in [1.165, 1.54) is 23.5 Å². The molecule has 1 aromatic carbocycles. The van der Waals surface area contributed by atoms with Gasteiger partial charge in [-0.3, -0.25) is 4.90 Å². The highest BCUT2D eigenvalue weighted by atomic mass is 32.1. The minimum absolute atomic E-state index is 0.322.